The number of aryl methyl sites for hydroxylation is 1. The molecule has 0 radical (unpaired) electrons. The molecule has 1 fully saturated rings. The number of piperazine rings is 1. The Hall–Kier alpha value is -3.46. The Morgan fingerprint density at radius 3 is 2.26 bits per heavy atom. The van der Waals surface area contributed by atoms with Gasteiger partial charge in [0.05, 0.1) is 17.6 Å². The molecule has 1 aliphatic heterocycles. The molecule has 2 amide bonds. The fourth-order valence-electron chi connectivity index (χ4n) is 3.84. The van der Waals surface area contributed by atoms with Crippen LogP contribution < -0.4 is 11.0 Å². The molecule has 0 saturated carbocycles. The number of imidazole rings is 1. The maximum absolute atomic E-state index is 13.0. The van der Waals surface area contributed by atoms with Crippen LogP contribution in [-0.4, -0.2) is 63.5 Å². The summed E-state index contributed by atoms with van der Waals surface area (Å²) in [4.78, 5) is 41.2. The van der Waals surface area contributed by atoms with Gasteiger partial charge >= 0.3 is 5.69 Å². The summed E-state index contributed by atoms with van der Waals surface area (Å²) in [6.45, 7) is 2.29. The van der Waals surface area contributed by atoms with E-state index in [-0.39, 0.29) is 36.4 Å². The van der Waals surface area contributed by atoms with E-state index in [1.807, 2.05) is 29.2 Å². The first-order chi connectivity index (χ1) is 14.9. The molecule has 1 N–H and O–H groups in total. The predicted octanol–water partition coefficient (Wildman–Crippen LogP) is 1.26. The quantitative estimate of drug-likeness (QED) is 0.668. The van der Waals surface area contributed by atoms with Crippen LogP contribution in [0.25, 0.3) is 11.0 Å². The van der Waals surface area contributed by atoms with Crippen LogP contribution in [0.15, 0.2) is 53.3 Å². The predicted molar refractivity (Wildman–Crippen MR) is 115 cm³/mol. The first-order valence-corrected chi connectivity index (χ1v) is 10.1. The Kier molecular flexibility index (Phi) is 5.85. The second kappa shape index (κ2) is 8.73. The second-order valence-corrected chi connectivity index (χ2v) is 7.63. The molecule has 4 rings (SSSR count). The van der Waals surface area contributed by atoms with E-state index in [1.165, 1.54) is 28.8 Å². The summed E-state index contributed by atoms with van der Waals surface area (Å²) in [5.41, 5.74) is 1.85. The molecule has 0 atom stereocenters. The first-order valence-electron chi connectivity index (χ1n) is 10.1. The maximum atomic E-state index is 13.0. The Morgan fingerprint density at radius 2 is 1.58 bits per heavy atom. The average molecular weight is 425 g/mol. The van der Waals surface area contributed by atoms with Gasteiger partial charge in [0.25, 0.3) is 0 Å². The second-order valence-electron chi connectivity index (χ2n) is 7.63. The SMILES string of the molecule is Cn1c(=O)n(CC(=O)N2CCN(CC(=O)Nc3ccc(F)cc3)CC2)c2ccccc21. The van der Waals surface area contributed by atoms with Crippen LogP contribution in [0.2, 0.25) is 0 Å². The highest BCUT2D eigenvalue weighted by molar-refractivity contribution is 5.92. The molecule has 3 aromatic rings. The number of hydrogen-bond acceptors (Lipinski definition) is 4. The molecule has 0 bridgehead atoms. The van der Waals surface area contributed by atoms with E-state index in [9.17, 15) is 18.8 Å². The number of benzene rings is 2. The van der Waals surface area contributed by atoms with Gasteiger partial charge < -0.3 is 10.2 Å². The smallest absolute Gasteiger partial charge is 0.329 e. The Bertz CT molecular complexity index is 1160. The van der Waals surface area contributed by atoms with Gasteiger partial charge in [-0.1, -0.05) is 12.1 Å². The molecule has 0 spiro atoms. The number of nitrogens with one attached hydrogen (secondary N) is 1. The number of carbonyl (C=O) groups excluding carboxylic acids is 2. The lowest BCUT2D eigenvalue weighted by Crippen LogP contribution is -2.51. The molecule has 9 heteroatoms. The fraction of sp³-hybridized carbons (Fsp3) is 0.318. The monoisotopic (exact) mass is 425 g/mol. The molecule has 1 saturated heterocycles. The number of nitrogens with zero attached hydrogens (tertiary/aromatic N) is 4. The van der Waals surface area contributed by atoms with Gasteiger partial charge in [-0.15, -0.1) is 0 Å². The summed E-state index contributed by atoms with van der Waals surface area (Å²) in [5, 5.41) is 2.74. The summed E-state index contributed by atoms with van der Waals surface area (Å²) in [6.07, 6.45) is 0. The lowest BCUT2D eigenvalue weighted by molar-refractivity contribution is -0.133. The lowest BCUT2D eigenvalue weighted by Gasteiger charge is -2.34. The number of halogens is 1. The molecule has 31 heavy (non-hydrogen) atoms. The van der Waals surface area contributed by atoms with Crippen LogP contribution in [0.1, 0.15) is 0 Å². The summed E-state index contributed by atoms with van der Waals surface area (Å²) >= 11 is 0. The Labute approximate surface area is 178 Å². The topological polar surface area (TPSA) is 79.6 Å². The number of rotatable bonds is 5. The maximum Gasteiger partial charge on any atom is 0.329 e. The van der Waals surface area contributed by atoms with Gasteiger partial charge in [-0.3, -0.25) is 23.6 Å². The molecular formula is C22H24FN5O3. The highest BCUT2D eigenvalue weighted by Gasteiger charge is 2.24. The highest BCUT2D eigenvalue weighted by Crippen LogP contribution is 2.13. The Morgan fingerprint density at radius 1 is 0.935 bits per heavy atom. The van der Waals surface area contributed by atoms with Gasteiger partial charge in [-0.05, 0) is 36.4 Å². The van der Waals surface area contributed by atoms with Crippen molar-refractivity contribution >= 4 is 28.5 Å². The first kappa shape index (κ1) is 20.8. The van der Waals surface area contributed by atoms with E-state index in [4.69, 9.17) is 0 Å². The number of fused-ring (bicyclic) bond motifs is 1. The lowest BCUT2D eigenvalue weighted by atomic mass is 10.2. The summed E-state index contributed by atoms with van der Waals surface area (Å²) in [5.74, 6) is -0.660. The molecule has 2 aromatic carbocycles. The van der Waals surface area contributed by atoms with Crippen molar-refractivity contribution in [1.29, 1.82) is 0 Å². The average Bonchev–Trinajstić information content (AvgIpc) is 3.01. The van der Waals surface area contributed by atoms with Gasteiger partial charge in [0.1, 0.15) is 12.4 Å². The van der Waals surface area contributed by atoms with E-state index in [1.54, 1.807) is 16.5 Å². The van der Waals surface area contributed by atoms with Gasteiger partial charge in [0.15, 0.2) is 0 Å². The van der Waals surface area contributed by atoms with Crippen LogP contribution >= 0.6 is 0 Å². The van der Waals surface area contributed by atoms with Crippen molar-refractivity contribution in [2.75, 3.05) is 38.0 Å². The molecule has 8 nitrogen and oxygen atoms in total. The van der Waals surface area contributed by atoms with Crippen molar-refractivity contribution < 1.29 is 14.0 Å². The van der Waals surface area contributed by atoms with E-state index in [0.717, 1.165) is 11.0 Å². The van der Waals surface area contributed by atoms with E-state index in [0.29, 0.717) is 31.9 Å². The molecular weight excluding hydrogens is 401 g/mol. The van der Waals surface area contributed by atoms with Gasteiger partial charge in [-0.25, -0.2) is 9.18 Å². The summed E-state index contributed by atoms with van der Waals surface area (Å²) < 4.78 is 16.0. The molecule has 2 heterocycles. The number of anilines is 1. The number of para-hydroxylation sites is 2. The minimum absolute atomic E-state index is 0.00869. The standard InChI is InChI=1S/C22H24FN5O3/c1-25-18-4-2-3-5-19(18)28(22(25)31)15-21(30)27-12-10-26(11-13-27)14-20(29)24-17-8-6-16(23)7-9-17/h2-9H,10-15H2,1H3,(H,24,29). The van der Waals surface area contributed by atoms with Crippen LogP contribution in [-0.2, 0) is 23.2 Å². The van der Waals surface area contributed by atoms with Gasteiger partial charge in [-0.2, -0.15) is 0 Å². The van der Waals surface area contributed by atoms with E-state index in [2.05, 4.69) is 5.32 Å². The van der Waals surface area contributed by atoms with Gasteiger partial charge in [0, 0.05) is 38.9 Å². The van der Waals surface area contributed by atoms with Crippen LogP contribution in [0.3, 0.4) is 0 Å². The minimum Gasteiger partial charge on any atom is -0.339 e. The fourth-order valence-corrected chi connectivity index (χ4v) is 3.84. The van der Waals surface area contributed by atoms with Crippen molar-refractivity contribution in [2.45, 2.75) is 6.54 Å². The number of amides is 2. The number of carbonyl (C=O) groups is 2. The van der Waals surface area contributed by atoms with E-state index >= 15 is 0 Å². The van der Waals surface area contributed by atoms with Crippen LogP contribution in [0.4, 0.5) is 10.1 Å². The van der Waals surface area contributed by atoms with Crippen LogP contribution in [0, 0.1) is 5.82 Å². The number of aromatic nitrogens is 2. The third kappa shape index (κ3) is 4.51. The molecule has 0 aliphatic carbocycles. The zero-order chi connectivity index (χ0) is 22.0. The number of hydrogen-bond donors (Lipinski definition) is 1. The summed E-state index contributed by atoms with van der Waals surface area (Å²) in [7, 11) is 1.70. The molecule has 0 unspecified atom stereocenters. The third-order valence-corrected chi connectivity index (χ3v) is 5.57. The normalized spacial score (nSPS) is 14.7. The van der Waals surface area contributed by atoms with Crippen molar-refractivity contribution in [1.82, 2.24) is 18.9 Å². The zero-order valence-corrected chi connectivity index (χ0v) is 17.3. The van der Waals surface area contributed by atoms with Gasteiger partial charge in [0.2, 0.25) is 11.8 Å². The molecule has 1 aromatic heterocycles. The van der Waals surface area contributed by atoms with Crippen molar-refractivity contribution in [3.8, 4) is 0 Å². The highest BCUT2D eigenvalue weighted by atomic mass is 19.1. The third-order valence-electron chi connectivity index (χ3n) is 5.57. The van der Waals surface area contributed by atoms with Crippen molar-refractivity contribution in [3.05, 3.63) is 64.8 Å². The Balaban J connectivity index is 1.31. The van der Waals surface area contributed by atoms with Crippen molar-refractivity contribution in [2.24, 2.45) is 7.05 Å². The zero-order valence-electron chi connectivity index (χ0n) is 17.3. The summed E-state index contributed by atoms with van der Waals surface area (Å²) in [6, 6.07) is 13.0. The van der Waals surface area contributed by atoms with E-state index < -0.39 is 0 Å². The largest absolute Gasteiger partial charge is 0.339 e. The minimum atomic E-state index is -0.357. The molecule has 162 valence electrons. The van der Waals surface area contributed by atoms with Crippen LogP contribution in [0.5, 0.6) is 0 Å². The van der Waals surface area contributed by atoms with Crippen molar-refractivity contribution in [3.63, 3.8) is 0 Å². The molecule has 1 aliphatic rings.